The van der Waals surface area contributed by atoms with Crippen molar-refractivity contribution in [2.45, 2.75) is 30.6 Å². The Morgan fingerprint density at radius 3 is 2.24 bits per heavy atom. The lowest BCUT2D eigenvalue weighted by molar-refractivity contribution is 0.267. The van der Waals surface area contributed by atoms with Crippen LogP contribution in [0.1, 0.15) is 25.7 Å². The number of halogens is 1. The van der Waals surface area contributed by atoms with Gasteiger partial charge in [-0.2, -0.15) is 4.31 Å². The molecule has 0 saturated carbocycles. The molecule has 21 heavy (non-hydrogen) atoms. The van der Waals surface area contributed by atoms with E-state index in [-0.39, 0.29) is 0 Å². The zero-order chi connectivity index (χ0) is 15.3. The molecule has 1 saturated heterocycles. The van der Waals surface area contributed by atoms with Gasteiger partial charge in [0.2, 0.25) is 10.0 Å². The molecule has 118 valence electrons. The van der Waals surface area contributed by atoms with Crippen molar-refractivity contribution in [1.82, 2.24) is 9.21 Å². The van der Waals surface area contributed by atoms with Crippen molar-refractivity contribution in [3.8, 4) is 0 Å². The van der Waals surface area contributed by atoms with Gasteiger partial charge in [0.25, 0.3) is 0 Å². The van der Waals surface area contributed by atoms with E-state index in [2.05, 4.69) is 27.5 Å². The van der Waals surface area contributed by atoms with Gasteiger partial charge in [-0.3, -0.25) is 0 Å². The number of likely N-dealkylation sites (N-methyl/N-ethyl adjacent to an activating group) is 1. The highest BCUT2D eigenvalue weighted by molar-refractivity contribution is 14.1. The summed E-state index contributed by atoms with van der Waals surface area (Å²) < 4.78 is 27.5. The number of nitrogens with zero attached hydrogens (tertiary/aromatic N) is 2. The van der Waals surface area contributed by atoms with Gasteiger partial charge in [0.1, 0.15) is 0 Å². The van der Waals surface area contributed by atoms with E-state index in [1.54, 1.807) is 19.2 Å². The first-order valence-corrected chi connectivity index (χ1v) is 9.96. The van der Waals surface area contributed by atoms with Crippen LogP contribution in [0, 0.1) is 3.57 Å². The number of likely N-dealkylation sites (tertiary alicyclic amines) is 1. The Kier molecular flexibility index (Phi) is 6.46. The first kappa shape index (κ1) is 17.2. The normalized spacial score (nSPS) is 17.9. The molecule has 1 aliphatic heterocycles. The molecule has 1 aromatic carbocycles. The highest BCUT2D eigenvalue weighted by atomic mass is 127. The lowest BCUT2D eigenvalue weighted by Crippen LogP contribution is -2.36. The second-order valence-electron chi connectivity index (χ2n) is 5.54. The van der Waals surface area contributed by atoms with Crippen LogP contribution in [-0.2, 0) is 10.0 Å². The molecule has 0 unspecified atom stereocenters. The van der Waals surface area contributed by atoms with E-state index in [9.17, 15) is 8.42 Å². The second kappa shape index (κ2) is 7.89. The van der Waals surface area contributed by atoms with Crippen LogP contribution in [0.5, 0.6) is 0 Å². The van der Waals surface area contributed by atoms with Gasteiger partial charge in [-0.15, -0.1) is 0 Å². The highest BCUT2D eigenvalue weighted by Gasteiger charge is 2.21. The summed E-state index contributed by atoms with van der Waals surface area (Å²) in [4.78, 5) is 2.76. The van der Waals surface area contributed by atoms with Gasteiger partial charge in [-0.25, -0.2) is 8.42 Å². The van der Waals surface area contributed by atoms with Crippen molar-refractivity contribution in [3.05, 3.63) is 27.8 Å². The van der Waals surface area contributed by atoms with Gasteiger partial charge >= 0.3 is 0 Å². The first-order valence-electron chi connectivity index (χ1n) is 7.44. The zero-order valence-electron chi connectivity index (χ0n) is 12.5. The van der Waals surface area contributed by atoms with Crippen molar-refractivity contribution in [3.63, 3.8) is 0 Å². The second-order valence-corrected chi connectivity index (χ2v) is 8.83. The fourth-order valence-corrected chi connectivity index (χ4v) is 4.07. The summed E-state index contributed by atoms with van der Waals surface area (Å²) in [6.07, 6.45) is 5.06. The van der Waals surface area contributed by atoms with Crippen LogP contribution >= 0.6 is 22.6 Å². The average molecular weight is 422 g/mol. The third-order valence-electron chi connectivity index (χ3n) is 3.95. The number of sulfonamides is 1. The Labute approximate surface area is 141 Å². The minimum atomic E-state index is -3.36. The number of hydrogen-bond donors (Lipinski definition) is 0. The van der Waals surface area contributed by atoms with Crippen LogP contribution in [-0.4, -0.2) is 50.8 Å². The maximum atomic E-state index is 12.5. The Balaban J connectivity index is 1.95. The van der Waals surface area contributed by atoms with Gasteiger partial charge < -0.3 is 4.90 Å². The molecule has 1 aliphatic rings. The monoisotopic (exact) mass is 422 g/mol. The minimum Gasteiger partial charge on any atom is -0.302 e. The summed E-state index contributed by atoms with van der Waals surface area (Å²) in [5.41, 5.74) is 0. The summed E-state index contributed by atoms with van der Waals surface area (Å²) in [6.45, 7) is 3.56. The summed E-state index contributed by atoms with van der Waals surface area (Å²) >= 11 is 2.18. The average Bonchev–Trinajstić information content (AvgIpc) is 2.73. The molecule has 0 aromatic heterocycles. The Bertz CT molecular complexity index is 537. The molecule has 1 heterocycles. The lowest BCUT2D eigenvalue weighted by atomic mass is 10.2. The molecule has 1 aromatic rings. The fraction of sp³-hybridized carbons (Fsp3) is 0.600. The molecule has 0 radical (unpaired) electrons. The van der Waals surface area contributed by atoms with Gasteiger partial charge in [0.15, 0.2) is 0 Å². The molecule has 4 nitrogen and oxygen atoms in total. The molecule has 0 amide bonds. The molecule has 0 spiro atoms. The molecule has 1 fully saturated rings. The fourth-order valence-electron chi connectivity index (χ4n) is 2.55. The summed E-state index contributed by atoms with van der Waals surface area (Å²) in [5, 5.41) is 0. The summed E-state index contributed by atoms with van der Waals surface area (Å²) in [5.74, 6) is 0. The van der Waals surface area contributed by atoms with E-state index in [0.29, 0.717) is 11.4 Å². The first-order chi connectivity index (χ1) is 10.00. The van der Waals surface area contributed by atoms with E-state index >= 15 is 0 Å². The van der Waals surface area contributed by atoms with E-state index in [1.165, 1.54) is 30.0 Å². The molecule has 2 rings (SSSR count). The molecular weight excluding hydrogens is 399 g/mol. The molecule has 0 N–H and O–H groups in total. The van der Waals surface area contributed by atoms with Crippen molar-refractivity contribution < 1.29 is 8.42 Å². The molecule has 0 atom stereocenters. The van der Waals surface area contributed by atoms with Crippen LogP contribution in [0.25, 0.3) is 0 Å². The van der Waals surface area contributed by atoms with Gasteiger partial charge in [0, 0.05) is 23.7 Å². The van der Waals surface area contributed by atoms with Crippen molar-refractivity contribution in [2.75, 3.05) is 33.2 Å². The predicted octanol–water partition coefficient (Wildman–Crippen LogP) is 2.79. The summed E-state index contributed by atoms with van der Waals surface area (Å²) in [6, 6.07) is 7.02. The van der Waals surface area contributed by atoms with Crippen LogP contribution < -0.4 is 0 Å². The zero-order valence-corrected chi connectivity index (χ0v) is 15.4. The van der Waals surface area contributed by atoms with Crippen molar-refractivity contribution in [2.24, 2.45) is 0 Å². The van der Waals surface area contributed by atoms with Gasteiger partial charge in [0.05, 0.1) is 4.90 Å². The minimum absolute atomic E-state index is 0.376. The smallest absolute Gasteiger partial charge is 0.242 e. The number of rotatable bonds is 5. The van der Waals surface area contributed by atoms with Crippen LogP contribution in [0.3, 0.4) is 0 Å². The maximum absolute atomic E-state index is 12.5. The van der Waals surface area contributed by atoms with Crippen molar-refractivity contribution >= 4 is 32.6 Å². The van der Waals surface area contributed by atoms with E-state index < -0.39 is 10.0 Å². The predicted molar refractivity (Wildman–Crippen MR) is 93.9 cm³/mol. The Morgan fingerprint density at radius 2 is 1.67 bits per heavy atom. The largest absolute Gasteiger partial charge is 0.302 e. The van der Waals surface area contributed by atoms with E-state index in [0.717, 1.165) is 23.2 Å². The van der Waals surface area contributed by atoms with Gasteiger partial charge in [-0.1, -0.05) is 12.8 Å². The highest BCUT2D eigenvalue weighted by Crippen LogP contribution is 2.16. The van der Waals surface area contributed by atoms with Crippen molar-refractivity contribution in [1.29, 1.82) is 0 Å². The third-order valence-corrected chi connectivity index (χ3v) is 6.54. The quantitative estimate of drug-likeness (QED) is 0.686. The maximum Gasteiger partial charge on any atom is 0.242 e. The number of benzene rings is 1. The summed E-state index contributed by atoms with van der Waals surface area (Å²) in [7, 11) is -1.69. The topological polar surface area (TPSA) is 40.6 Å². The lowest BCUT2D eigenvalue weighted by Gasteiger charge is -2.23. The van der Waals surface area contributed by atoms with E-state index in [4.69, 9.17) is 0 Å². The Hall–Kier alpha value is -0.180. The molecule has 0 bridgehead atoms. The molecular formula is C15H23IN2O2S. The standard InChI is InChI=1S/C15H23IN2O2S/c1-17(12-13-18-10-4-2-3-5-11-18)21(19,20)15-8-6-14(16)7-9-15/h6-9H,2-5,10-13H2,1H3. The number of hydrogen-bond acceptors (Lipinski definition) is 3. The third kappa shape index (κ3) is 4.91. The van der Waals surface area contributed by atoms with Crippen LogP contribution in [0.2, 0.25) is 0 Å². The SMILES string of the molecule is CN(CCN1CCCCCC1)S(=O)(=O)c1ccc(I)cc1. The van der Waals surface area contributed by atoms with Crippen LogP contribution in [0.4, 0.5) is 0 Å². The van der Waals surface area contributed by atoms with Gasteiger partial charge in [-0.05, 0) is 72.8 Å². The molecule has 0 aliphatic carbocycles. The van der Waals surface area contributed by atoms with E-state index in [1.807, 2.05) is 12.1 Å². The van der Waals surface area contributed by atoms with Crippen LogP contribution in [0.15, 0.2) is 29.2 Å². The molecule has 6 heteroatoms. The Morgan fingerprint density at radius 1 is 1.10 bits per heavy atom.